The van der Waals surface area contributed by atoms with Crippen molar-refractivity contribution in [1.29, 1.82) is 0 Å². The summed E-state index contributed by atoms with van der Waals surface area (Å²) >= 11 is 6.45. The van der Waals surface area contributed by atoms with E-state index in [1.54, 1.807) is 0 Å². The molecule has 19 heavy (non-hydrogen) atoms. The number of anilines is 1. The molecule has 3 heteroatoms. The van der Waals surface area contributed by atoms with E-state index >= 15 is 0 Å². The topological polar surface area (TPSA) is 6.48 Å². The molecule has 1 aromatic carbocycles. The quantitative estimate of drug-likeness (QED) is 0.826. The highest BCUT2D eigenvalue weighted by molar-refractivity contribution is 6.33. The summed E-state index contributed by atoms with van der Waals surface area (Å²) in [6.07, 6.45) is 2.44. The molecule has 0 aromatic heterocycles. The predicted molar refractivity (Wildman–Crippen MR) is 84.5 cm³/mol. The third kappa shape index (κ3) is 3.43. The van der Waals surface area contributed by atoms with Crippen LogP contribution in [0.4, 0.5) is 5.69 Å². The molecule has 0 spiro atoms. The van der Waals surface area contributed by atoms with Gasteiger partial charge in [0.15, 0.2) is 0 Å². The van der Waals surface area contributed by atoms with E-state index < -0.39 is 0 Å². The number of hydrogen-bond donors (Lipinski definition) is 0. The van der Waals surface area contributed by atoms with Crippen LogP contribution in [0.1, 0.15) is 38.2 Å². The molecule has 1 aliphatic heterocycles. The first kappa shape index (κ1) is 14.7. The molecule has 0 amide bonds. The lowest BCUT2D eigenvalue weighted by molar-refractivity contribution is 0.249. The van der Waals surface area contributed by atoms with E-state index in [4.69, 9.17) is 11.6 Å². The number of piperidine rings is 1. The molecule has 0 aliphatic carbocycles. The molecule has 1 fully saturated rings. The van der Waals surface area contributed by atoms with Crippen LogP contribution in [0, 0.1) is 0 Å². The van der Waals surface area contributed by atoms with Crippen LogP contribution in [0.15, 0.2) is 18.2 Å². The van der Waals surface area contributed by atoms with E-state index in [0.717, 1.165) is 18.1 Å². The summed E-state index contributed by atoms with van der Waals surface area (Å²) in [6, 6.07) is 7.24. The molecule has 0 radical (unpaired) electrons. The van der Waals surface area contributed by atoms with E-state index in [-0.39, 0.29) is 0 Å². The minimum absolute atomic E-state index is 0.533. The van der Waals surface area contributed by atoms with Crippen molar-refractivity contribution in [2.75, 3.05) is 32.1 Å². The van der Waals surface area contributed by atoms with Crippen molar-refractivity contribution in [3.8, 4) is 0 Å². The van der Waals surface area contributed by atoms with Crippen LogP contribution in [0.25, 0.3) is 0 Å². The average molecular weight is 281 g/mol. The second-order valence-electron chi connectivity index (χ2n) is 6.05. The summed E-state index contributed by atoms with van der Waals surface area (Å²) in [5, 5.41) is 0.898. The first-order valence-electron chi connectivity index (χ1n) is 7.20. The smallest absolute Gasteiger partial charge is 0.0642 e. The minimum Gasteiger partial charge on any atom is -0.370 e. The normalized spacial score (nSPS) is 17.5. The molecule has 106 valence electrons. The van der Waals surface area contributed by atoms with Crippen LogP contribution in [-0.4, -0.2) is 38.1 Å². The second-order valence-corrected chi connectivity index (χ2v) is 6.45. The largest absolute Gasteiger partial charge is 0.370 e. The summed E-state index contributed by atoms with van der Waals surface area (Å²) in [5.74, 6) is 0.533. The zero-order valence-electron chi connectivity index (χ0n) is 12.5. The van der Waals surface area contributed by atoms with Gasteiger partial charge in [-0.05, 0) is 50.6 Å². The highest BCUT2D eigenvalue weighted by Gasteiger charge is 2.22. The Morgan fingerprint density at radius 1 is 1.21 bits per heavy atom. The summed E-state index contributed by atoms with van der Waals surface area (Å²) in [7, 11) is 4.34. The number of hydrogen-bond acceptors (Lipinski definition) is 2. The third-order valence-corrected chi connectivity index (χ3v) is 4.48. The summed E-state index contributed by atoms with van der Waals surface area (Å²) in [4.78, 5) is 4.76. The van der Waals surface area contributed by atoms with Gasteiger partial charge in [-0.15, -0.1) is 0 Å². The van der Waals surface area contributed by atoms with Gasteiger partial charge in [-0.25, -0.2) is 0 Å². The van der Waals surface area contributed by atoms with Crippen LogP contribution in [-0.2, 0) is 0 Å². The summed E-state index contributed by atoms with van der Waals surface area (Å²) in [5.41, 5.74) is 2.51. The lowest BCUT2D eigenvalue weighted by atomic mass is 10.0. The fourth-order valence-corrected chi connectivity index (χ4v) is 3.07. The molecule has 2 rings (SSSR count). The van der Waals surface area contributed by atoms with Crippen molar-refractivity contribution in [1.82, 2.24) is 4.90 Å². The standard InChI is InChI=1S/C16H25ClN2/c1-12(2)13-5-6-16(15(17)11-13)19-9-7-14(8-10-19)18(3)4/h5-6,11-12,14H,7-10H2,1-4H3. The minimum atomic E-state index is 0.533. The molecule has 1 saturated heterocycles. The predicted octanol–water partition coefficient (Wildman–Crippen LogP) is 3.99. The van der Waals surface area contributed by atoms with Gasteiger partial charge in [-0.2, -0.15) is 0 Å². The van der Waals surface area contributed by atoms with Gasteiger partial charge < -0.3 is 9.80 Å². The lowest BCUT2D eigenvalue weighted by Crippen LogP contribution is -2.42. The van der Waals surface area contributed by atoms with Gasteiger partial charge in [0.2, 0.25) is 0 Å². The van der Waals surface area contributed by atoms with Crippen molar-refractivity contribution >= 4 is 17.3 Å². The van der Waals surface area contributed by atoms with Crippen LogP contribution in [0.5, 0.6) is 0 Å². The Labute approximate surface area is 122 Å². The van der Waals surface area contributed by atoms with Gasteiger partial charge in [0.25, 0.3) is 0 Å². The first-order valence-corrected chi connectivity index (χ1v) is 7.57. The maximum Gasteiger partial charge on any atom is 0.0642 e. The fourth-order valence-electron chi connectivity index (χ4n) is 2.76. The number of nitrogens with zero attached hydrogens (tertiary/aromatic N) is 2. The van der Waals surface area contributed by atoms with E-state index in [0.29, 0.717) is 12.0 Å². The molecule has 1 aliphatic rings. The highest BCUT2D eigenvalue weighted by Crippen LogP contribution is 2.31. The lowest BCUT2D eigenvalue weighted by Gasteiger charge is -2.37. The Hall–Kier alpha value is -0.730. The molecule has 0 atom stereocenters. The molecular weight excluding hydrogens is 256 g/mol. The average Bonchev–Trinajstić information content (AvgIpc) is 2.38. The maximum atomic E-state index is 6.45. The van der Waals surface area contributed by atoms with E-state index in [2.05, 4.69) is 55.9 Å². The Balaban J connectivity index is 2.07. The second kappa shape index (κ2) is 6.15. The van der Waals surface area contributed by atoms with Crippen LogP contribution in [0.2, 0.25) is 5.02 Å². The molecular formula is C16H25ClN2. The Bertz CT molecular complexity index is 421. The molecule has 1 aromatic rings. The van der Waals surface area contributed by atoms with Crippen molar-refractivity contribution < 1.29 is 0 Å². The Kier molecular flexibility index (Phi) is 4.75. The maximum absolute atomic E-state index is 6.45. The molecule has 0 N–H and O–H groups in total. The monoisotopic (exact) mass is 280 g/mol. The number of benzene rings is 1. The van der Waals surface area contributed by atoms with Crippen LogP contribution >= 0.6 is 11.6 Å². The highest BCUT2D eigenvalue weighted by atomic mass is 35.5. The number of halogens is 1. The van der Waals surface area contributed by atoms with Crippen molar-refractivity contribution in [2.45, 2.75) is 38.6 Å². The van der Waals surface area contributed by atoms with Gasteiger partial charge in [0.1, 0.15) is 0 Å². The van der Waals surface area contributed by atoms with Gasteiger partial charge >= 0.3 is 0 Å². The van der Waals surface area contributed by atoms with Gasteiger partial charge in [-0.3, -0.25) is 0 Å². The van der Waals surface area contributed by atoms with Crippen LogP contribution < -0.4 is 4.90 Å². The third-order valence-electron chi connectivity index (χ3n) is 4.17. The molecule has 0 unspecified atom stereocenters. The van der Waals surface area contributed by atoms with E-state index in [1.165, 1.54) is 24.1 Å². The van der Waals surface area contributed by atoms with Crippen molar-refractivity contribution in [3.05, 3.63) is 28.8 Å². The summed E-state index contributed by atoms with van der Waals surface area (Å²) in [6.45, 7) is 6.61. The van der Waals surface area contributed by atoms with Crippen molar-refractivity contribution in [2.24, 2.45) is 0 Å². The van der Waals surface area contributed by atoms with Crippen LogP contribution in [0.3, 0.4) is 0 Å². The van der Waals surface area contributed by atoms with E-state index in [9.17, 15) is 0 Å². The Morgan fingerprint density at radius 2 is 1.84 bits per heavy atom. The van der Waals surface area contributed by atoms with Crippen molar-refractivity contribution in [3.63, 3.8) is 0 Å². The van der Waals surface area contributed by atoms with Gasteiger partial charge in [0.05, 0.1) is 10.7 Å². The Morgan fingerprint density at radius 3 is 2.32 bits per heavy atom. The summed E-state index contributed by atoms with van der Waals surface area (Å²) < 4.78 is 0. The SMILES string of the molecule is CC(C)c1ccc(N2CCC(N(C)C)CC2)c(Cl)c1. The molecule has 0 bridgehead atoms. The zero-order valence-corrected chi connectivity index (χ0v) is 13.2. The number of rotatable bonds is 3. The molecule has 0 saturated carbocycles. The van der Waals surface area contributed by atoms with Gasteiger partial charge in [-0.1, -0.05) is 31.5 Å². The van der Waals surface area contributed by atoms with E-state index in [1.807, 2.05) is 0 Å². The molecule has 1 heterocycles. The first-order chi connectivity index (χ1) is 8.99. The van der Waals surface area contributed by atoms with Gasteiger partial charge in [0, 0.05) is 19.1 Å². The molecule has 2 nitrogen and oxygen atoms in total. The zero-order chi connectivity index (χ0) is 14.0. The fraction of sp³-hybridized carbons (Fsp3) is 0.625.